The average Bonchev–Trinajstić information content (AvgIpc) is 4.16. The van der Waals surface area contributed by atoms with Gasteiger partial charge in [-0.05, 0) is 81.4 Å². The Morgan fingerprint density at radius 1 is 0.304 bits per heavy atom. The highest BCUT2D eigenvalue weighted by Crippen LogP contribution is 2.35. The van der Waals surface area contributed by atoms with Crippen molar-refractivity contribution in [2.45, 2.75) is 0 Å². The number of rotatable bonds is 8. The summed E-state index contributed by atoms with van der Waals surface area (Å²) in [5.74, 6) is 3.05. The van der Waals surface area contributed by atoms with Crippen molar-refractivity contribution < 1.29 is 0 Å². The smallest absolute Gasteiger partial charge is 0.241 e. The van der Waals surface area contributed by atoms with Crippen LogP contribution >= 0.6 is 0 Å². The number of para-hydroxylation sites is 9. The summed E-state index contributed by atoms with van der Waals surface area (Å²) in [6.07, 6.45) is 0. The molecule has 5 heterocycles. The minimum atomic E-state index is -2.91. The van der Waals surface area contributed by atoms with Gasteiger partial charge in [0.05, 0.1) is 49.8 Å². The Labute approximate surface area is 396 Å². The summed E-state index contributed by atoms with van der Waals surface area (Å²) >= 11 is 0. The third-order valence-electron chi connectivity index (χ3n) is 13.6. The standard InChI is InChI=1S/C59H39N9Si/c1-4-22-41(23-5-1)69(42-24-6-2-7-25-42,43-26-8-3-9-27-43)44-28-20-21-40(39-44)55-62-56(64-57(63-55)68-54-38-19-18-37-53(54)67-50-34-15-12-31-47(50)61-59(67)68)45-29-10-13-32-48(45)65-51-35-16-17-36-52(51)66-49-33-14-11-30-46(49)60-58(65)66/h1-39H. The first-order chi connectivity index (χ1) is 34.2. The van der Waals surface area contributed by atoms with Crippen LogP contribution in [-0.4, -0.2) is 50.9 Å². The van der Waals surface area contributed by atoms with Gasteiger partial charge in [-0.1, -0.05) is 176 Å². The van der Waals surface area contributed by atoms with Gasteiger partial charge in [-0.15, -0.1) is 0 Å². The minimum Gasteiger partial charge on any atom is -0.277 e. The van der Waals surface area contributed by atoms with E-state index in [0.717, 1.165) is 66.7 Å². The fourth-order valence-electron chi connectivity index (χ4n) is 10.7. The van der Waals surface area contributed by atoms with E-state index in [1.54, 1.807) is 0 Å². The van der Waals surface area contributed by atoms with E-state index in [4.69, 9.17) is 24.9 Å². The van der Waals surface area contributed by atoms with Gasteiger partial charge < -0.3 is 0 Å². The van der Waals surface area contributed by atoms with Crippen LogP contribution in [0.2, 0.25) is 0 Å². The van der Waals surface area contributed by atoms with E-state index >= 15 is 0 Å². The van der Waals surface area contributed by atoms with E-state index in [1.165, 1.54) is 20.7 Å². The molecule has 0 aliphatic heterocycles. The van der Waals surface area contributed by atoms with Gasteiger partial charge in [-0.2, -0.15) is 9.97 Å². The Kier molecular flexibility index (Phi) is 8.70. The highest BCUT2D eigenvalue weighted by Gasteiger charge is 2.41. The van der Waals surface area contributed by atoms with Gasteiger partial charge >= 0.3 is 0 Å². The molecule has 10 heteroatoms. The van der Waals surface area contributed by atoms with Gasteiger partial charge in [0, 0.05) is 11.1 Å². The maximum Gasteiger partial charge on any atom is 0.241 e. The molecule has 0 bridgehead atoms. The molecule has 0 N–H and O–H groups in total. The van der Waals surface area contributed by atoms with Crippen molar-refractivity contribution in [1.82, 2.24) is 42.9 Å². The maximum atomic E-state index is 5.51. The van der Waals surface area contributed by atoms with Gasteiger partial charge in [0.15, 0.2) is 19.7 Å². The fraction of sp³-hybridized carbons (Fsp3) is 0. The minimum absolute atomic E-state index is 0.462. The summed E-state index contributed by atoms with van der Waals surface area (Å²) in [5, 5.41) is 5.08. The number of nitrogens with zero attached hydrogens (tertiary/aromatic N) is 9. The molecule has 0 aliphatic carbocycles. The predicted molar refractivity (Wildman–Crippen MR) is 280 cm³/mol. The monoisotopic (exact) mass is 901 g/mol. The number of benzene rings is 9. The van der Waals surface area contributed by atoms with Crippen molar-refractivity contribution >= 4 is 84.5 Å². The molecule has 0 atom stereocenters. The van der Waals surface area contributed by atoms with Crippen molar-refractivity contribution in [3.63, 3.8) is 0 Å². The van der Waals surface area contributed by atoms with Gasteiger partial charge in [0.25, 0.3) is 0 Å². The Hall–Kier alpha value is -9.25. The number of hydrogen-bond acceptors (Lipinski definition) is 5. The summed E-state index contributed by atoms with van der Waals surface area (Å²) in [4.78, 5) is 27.0. The molecule has 14 aromatic rings. The molecule has 0 saturated heterocycles. The summed E-state index contributed by atoms with van der Waals surface area (Å²) in [7, 11) is -2.91. The third kappa shape index (κ3) is 5.86. The highest BCUT2D eigenvalue weighted by molar-refractivity contribution is 7.19. The van der Waals surface area contributed by atoms with Crippen molar-refractivity contribution in [1.29, 1.82) is 0 Å². The Morgan fingerprint density at radius 2 is 0.739 bits per heavy atom. The van der Waals surface area contributed by atoms with Crippen LogP contribution < -0.4 is 20.7 Å². The lowest BCUT2D eigenvalue weighted by molar-refractivity contribution is 0.935. The number of aromatic nitrogens is 9. The average molecular weight is 902 g/mol. The zero-order valence-corrected chi connectivity index (χ0v) is 38.0. The van der Waals surface area contributed by atoms with Crippen molar-refractivity contribution in [2.75, 3.05) is 0 Å². The van der Waals surface area contributed by atoms with E-state index in [9.17, 15) is 0 Å². The zero-order valence-electron chi connectivity index (χ0n) is 37.0. The van der Waals surface area contributed by atoms with Crippen LogP contribution in [0.25, 0.3) is 90.1 Å². The molecule has 9 aromatic carbocycles. The zero-order chi connectivity index (χ0) is 45.5. The van der Waals surface area contributed by atoms with Crippen molar-refractivity contribution in [2.24, 2.45) is 0 Å². The van der Waals surface area contributed by atoms with Crippen molar-refractivity contribution in [3.8, 4) is 34.4 Å². The summed E-state index contributed by atoms with van der Waals surface area (Å²) in [6, 6.07) is 83.6. The van der Waals surface area contributed by atoms with Crippen LogP contribution in [0.15, 0.2) is 237 Å². The highest BCUT2D eigenvalue weighted by atomic mass is 28.3. The number of fused-ring (bicyclic) bond motifs is 10. The van der Waals surface area contributed by atoms with E-state index in [1.807, 2.05) is 12.1 Å². The first-order valence-electron chi connectivity index (χ1n) is 23.1. The Bertz CT molecular complexity index is 4170. The topological polar surface area (TPSA) is 83.1 Å². The Morgan fingerprint density at radius 3 is 1.32 bits per heavy atom. The Balaban J connectivity index is 1.06. The quantitative estimate of drug-likeness (QED) is 0.112. The molecule has 324 valence electrons. The lowest BCUT2D eigenvalue weighted by Gasteiger charge is -2.34. The lowest BCUT2D eigenvalue weighted by atomic mass is 10.1. The van der Waals surface area contributed by atoms with Gasteiger partial charge in [0.1, 0.15) is 0 Å². The fourth-order valence-corrected chi connectivity index (χ4v) is 15.5. The molecular weight excluding hydrogens is 863 g/mol. The van der Waals surface area contributed by atoms with Gasteiger partial charge in [-0.3, -0.25) is 13.4 Å². The maximum absolute atomic E-state index is 5.51. The van der Waals surface area contributed by atoms with Crippen LogP contribution in [0, 0.1) is 0 Å². The molecule has 0 fully saturated rings. The van der Waals surface area contributed by atoms with Gasteiger partial charge in [0.2, 0.25) is 17.5 Å². The summed E-state index contributed by atoms with van der Waals surface area (Å²) in [5.41, 5.74) is 10.5. The van der Waals surface area contributed by atoms with Crippen LogP contribution in [0.1, 0.15) is 0 Å². The van der Waals surface area contributed by atoms with E-state index in [-0.39, 0.29) is 0 Å². The lowest BCUT2D eigenvalue weighted by Crippen LogP contribution is -2.74. The normalized spacial score (nSPS) is 12.1. The summed E-state index contributed by atoms with van der Waals surface area (Å²) in [6.45, 7) is 0. The largest absolute Gasteiger partial charge is 0.277 e. The number of hydrogen-bond donors (Lipinski definition) is 0. The molecule has 0 amide bonds. The van der Waals surface area contributed by atoms with Gasteiger partial charge in [-0.25, -0.2) is 19.5 Å². The third-order valence-corrected chi connectivity index (χ3v) is 18.4. The van der Waals surface area contributed by atoms with E-state index in [2.05, 4.69) is 242 Å². The second-order valence-corrected chi connectivity index (χ2v) is 21.2. The van der Waals surface area contributed by atoms with Crippen LogP contribution in [0.5, 0.6) is 0 Å². The first-order valence-corrected chi connectivity index (χ1v) is 25.1. The first kappa shape index (κ1) is 39.0. The molecule has 0 saturated carbocycles. The van der Waals surface area contributed by atoms with Crippen molar-refractivity contribution in [3.05, 3.63) is 237 Å². The SMILES string of the molecule is c1ccc([Si](c2ccccc2)(c2ccccc2)c2cccc(-c3nc(-c4ccccc4-n4c5ccccc5n5c6ccccc6nc45)nc(-n4c5ccccc5n5c6ccccc6nc45)n3)c2)cc1. The number of imidazole rings is 4. The molecular formula is C59H39N9Si. The van der Waals surface area contributed by atoms with Crippen LogP contribution in [0.3, 0.4) is 0 Å². The predicted octanol–water partition coefficient (Wildman–Crippen LogP) is 10.1. The molecule has 9 nitrogen and oxygen atoms in total. The second kappa shape index (κ2) is 15.4. The van der Waals surface area contributed by atoms with Crippen LogP contribution in [-0.2, 0) is 0 Å². The van der Waals surface area contributed by atoms with E-state index in [0.29, 0.717) is 23.4 Å². The molecule has 69 heavy (non-hydrogen) atoms. The van der Waals surface area contributed by atoms with Crippen LogP contribution in [0.4, 0.5) is 0 Å². The summed E-state index contributed by atoms with van der Waals surface area (Å²) < 4.78 is 8.76. The molecule has 0 spiro atoms. The molecule has 0 aliphatic rings. The molecule has 0 unspecified atom stereocenters. The molecule has 14 rings (SSSR count). The second-order valence-electron chi connectivity index (χ2n) is 17.3. The van der Waals surface area contributed by atoms with E-state index < -0.39 is 8.07 Å². The molecule has 5 aromatic heterocycles. The molecule has 0 radical (unpaired) electrons.